The highest BCUT2D eigenvalue weighted by Gasteiger charge is 2.38. The van der Waals surface area contributed by atoms with Crippen molar-refractivity contribution in [3.8, 4) is 0 Å². The number of hydrogen-bond donors (Lipinski definition) is 1. The summed E-state index contributed by atoms with van der Waals surface area (Å²) in [6.07, 6.45) is 11.7. The number of methoxy groups -OCH3 is 1. The number of hydrogen-bond acceptors (Lipinski definition) is 3. The highest BCUT2D eigenvalue weighted by atomic mass is 16.5. The van der Waals surface area contributed by atoms with Crippen LogP contribution >= 0.6 is 0 Å². The van der Waals surface area contributed by atoms with Gasteiger partial charge in [-0.25, -0.2) is 0 Å². The first-order valence-corrected chi connectivity index (χ1v) is 8.18. The van der Waals surface area contributed by atoms with Gasteiger partial charge >= 0.3 is 0 Å². The lowest BCUT2D eigenvalue weighted by Crippen LogP contribution is -2.46. The third-order valence-electron chi connectivity index (χ3n) is 4.86. The quantitative estimate of drug-likeness (QED) is 0.697. The van der Waals surface area contributed by atoms with Gasteiger partial charge in [0.05, 0.1) is 11.7 Å². The van der Waals surface area contributed by atoms with Crippen LogP contribution in [0.15, 0.2) is 0 Å². The fraction of sp³-hybridized carbons (Fsp3) is 1.00. The molecule has 1 saturated carbocycles. The topological polar surface area (TPSA) is 30.5 Å². The van der Waals surface area contributed by atoms with Crippen molar-refractivity contribution in [1.82, 2.24) is 5.32 Å². The van der Waals surface area contributed by atoms with E-state index in [1.165, 1.54) is 57.8 Å². The normalized spacial score (nSPS) is 27.2. The smallest absolute Gasteiger partial charge is 0.0693 e. The van der Waals surface area contributed by atoms with E-state index in [1.54, 1.807) is 0 Å². The molecule has 0 bridgehead atoms. The largest absolute Gasteiger partial charge is 0.378 e. The first-order valence-electron chi connectivity index (χ1n) is 8.18. The molecule has 1 saturated heterocycles. The van der Waals surface area contributed by atoms with Crippen LogP contribution in [0.4, 0.5) is 0 Å². The van der Waals surface area contributed by atoms with Crippen molar-refractivity contribution in [3.63, 3.8) is 0 Å². The molecule has 0 radical (unpaired) electrons. The van der Waals surface area contributed by atoms with Crippen LogP contribution in [-0.4, -0.2) is 38.0 Å². The molecule has 0 aromatic rings. The van der Waals surface area contributed by atoms with Crippen LogP contribution in [0.5, 0.6) is 0 Å². The van der Waals surface area contributed by atoms with Crippen LogP contribution in [0.2, 0.25) is 0 Å². The fourth-order valence-electron chi connectivity index (χ4n) is 3.40. The van der Waals surface area contributed by atoms with Gasteiger partial charge in [0.25, 0.3) is 0 Å². The zero-order valence-corrected chi connectivity index (χ0v) is 12.7. The molecule has 2 atom stereocenters. The van der Waals surface area contributed by atoms with E-state index in [2.05, 4.69) is 12.2 Å². The molecule has 2 unspecified atom stereocenters. The van der Waals surface area contributed by atoms with Gasteiger partial charge in [-0.3, -0.25) is 0 Å². The van der Waals surface area contributed by atoms with E-state index in [-0.39, 0.29) is 5.60 Å². The molecule has 2 fully saturated rings. The van der Waals surface area contributed by atoms with Crippen LogP contribution in [-0.2, 0) is 9.47 Å². The van der Waals surface area contributed by atoms with Crippen molar-refractivity contribution in [2.75, 3.05) is 20.3 Å². The summed E-state index contributed by atoms with van der Waals surface area (Å²) in [7, 11) is 1.89. The van der Waals surface area contributed by atoms with Gasteiger partial charge in [0.2, 0.25) is 0 Å². The van der Waals surface area contributed by atoms with E-state index in [9.17, 15) is 0 Å². The summed E-state index contributed by atoms with van der Waals surface area (Å²) in [5.74, 6) is 0. The van der Waals surface area contributed by atoms with Crippen molar-refractivity contribution in [1.29, 1.82) is 0 Å². The van der Waals surface area contributed by atoms with Gasteiger partial charge in [0.1, 0.15) is 0 Å². The van der Waals surface area contributed by atoms with Crippen LogP contribution in [0.25, 0.3) is 0 Å². The number of nitrogens with one attached hydrogen (secondary N) is 1. The predicted octanol–water partition coefficient (Wildman–Crippen LogP) is 3.27. The first-order chi connectivity index (χ1) is 9.28. The molecular weight excluding hydrogens is 238 g/mol. The second kappa shape index (κ2) is 7.61. The minimum atomic E-state index is 0.182. The van der Waals surface area contributed by atoms with Crippen molar-refractivity contribution < 1.29 is 9.47 Å². The van der Waals surface area contributed by atoms with Crippen molar-refractivity contribution >= 4 is 0 Å². The third kappa shape index (κ3) is 4.44. The minimum absolute atomic E-state index is 0.182. The SMILES string of the molecule is CCCNC(CCC1CCCO1)CC1(OC)CCC1. The molecule has 0 amide bonds. The van der Waals surface area contributed by atoms with Gasteiger partial charge in [-0.1, -0.05) is 6.92 Å². The number of ether oxygens (including phenoxy) is 2. The molecule has 1 N–H and O–H groups in total. The maximum atomic E-state index is 5.78. The molecule has 0 spiro atoms. The molecule has 2 rings (SSSR count). The lowest BCUT2D eigenvalue weighted by molar-refractivity contribution is -0.0844. The van der Waals surface area contributed by atoms with E-state index in [1.807, 2.05) is 7.11 Å². The van der Waals surface area contributed by atoms with Gasteiger partial charge in [-0.2, -0.15) is 0 Å². The summed E-state index contributed by atoms with van der Waals surface area (Å²) in [6.45, 7) is 4.33. The Labute approximate surface area is 118 Å². The zero-order valence-electron chi connectivity index (χ0n) is 12.7. The second-order valence-corrected chi connectivity index (χ2v) is 6.31. The van der Waals surface area contributed by atoms with Gasteiger partial charge < -0.3 is 14.8 Å². The van der Waals surface area contributed by atoms with E-state index in [4.69, 9.17) is 9.47 Å². The Balaban J connectivity index is 1.76. The Morgan fingerprint density at radius 2 is 2.21 bits per heavy atom. The maximum Gasteiger partial charge on any atom is 0.0693 e. The molecule has 112 valence electrons. The zero-order chi connectivity index (χ0) is 13.6. The maximum absolute atomic E-state index is 5.78. The Morgan fingerprint density at radius 1 is 1.37 bits per heavy atom. The molecule has 0 aromatic carbocycles. The third-order valence-corrected chi connectivity index (χ3v) is 4.86. The van der Waals surface area contributed by atoms with E-state index < -0.39 is 0 Å². The monoisotopic (exact) mass is 269 g/mol. The average Bonchev–Trinajstić information content (AvgIpc) is 2.89. The van der Waals surface area contributed by atoms with E-state index in [0.717, 1.165) is 13.2 Å². The minimum Gasteiger partial charge on any atom is -0.378 e. The molecule has 19 heavy (non-hydrogen) atoms. The lowest BCUT2D eigenvalue weighted by Gasteiger charge is -2.43. The fourth-order valence-corrected chi connectivity index (χ4v) is 3.40. The molecule has 1 aliphatic heterocycles. The Bertz CT molecular complexity index is 242. The average molecular weight is 269 g/mol. The summed E-state index contributed by atoms with van der Waals surface area (Å²) in [5.41, 5.74) is 0.182. The van der Waals surface area contributed by atoms with Crippen LogP contribution in [0, 0.1) is 0 Å². The highest BCUT2D eigenvalue weighted by molar-refractivity contribution is 4.93. The predicted molar refractivity (Wildman–Crippen MR) is 78.5 cm³/mol. The Morgan fingerprint density at radius 3 is 2.74 bits per heavy atom. The Kier molecular flexibility index (Phi) is 6.11. The van der Waals surface area contributed by atoms with Crippen molar-refractivity contribution in [3.05, 3.63) is 0 Å². The van der Waals surface area contributed by atoms with Crippen molar-refractivity contribution in [2.24, 2.45) is 0 Å². The molecule has 3 heteroatoms. The summed E-state index contributed by atoms with van der Waals surface area (Å²) in [4.78, 5) is 0. The first kappa shape index (κ1) is 15.3. The molecule has 1 aliphatic carbocycles. The van der Waals surface area contributed by atoms with Crippen LogP contribution in [0.3, 0.4) is 0 Å². The van der Waals surface area contributed by atoms with Gasteiger partial charge in [0.15, 0.2) is 0 Å². The second-order valence-electron chi connectivity index (χ2n) is 6.31. The standard InChI is InChI=1S/C16H31NO2/c1-3-11-17-14(7-8-15-6-4-12-19-15)13-16(18-2)9-5-10-16/h14-15,17H,3-13H2,1-2H3. The summed E-state index contributed by atoms with van der Waals surface area (Å²) in [5, 5.41) is 3.72. The summed E-state index contributed by atoms with van der Waals surface area (Å²) < 4.78 is 11.5. The van der Waals surface area contributed by atoms with E-state index >= 15 is 0 Å². The molecule has 0 aromatic heterocycles. The van der Waals surface area contributed by atoms with Crippen LogP contribution < -0.4 is 5.32 Å². The molecule has 1 heterocycles. The highest BCUT2D eigenvalue weighted by Crippen LogP contribution is 2.39. The summed E-state index contributed by atoms with van der Waals surface area (Å²) in [6, 6.07) is 0.601. The van der Waals surface area contributed by atoms with Gasteiger partial charge in [-0.15, -0.1) is 0 Å². The number of rotatable bonds is 9. The summed E-state index contributed by atoms with van der Waals surface area (Å²) >= 11 is 0. The molecule has 2 aliphatic rings. The molecule has 3 nitrogen and oxygen atoms in total. The van der Waals surface area contributed by atoms with Crippen LogP contribution in [0.1, 0.15) is 64.7 Å². The van der Waals surface area contributed by atoms with Crippen molar-refractivity contribution in [2.45, 2.75) is 82.5 Å². The lowest BCUT2D eigenvalue weighted by atomic mass is 9.75. The van der Waals surface area contributed by atoms with E-state index in [0.29, 0.717) is 12.1 Å². The van der Waals surface area contributed by atoms with Gasteiger partial charge in [-0.05, 0) is 64.3 Å². The Hall–Kier alpha value is -0.120. The molecular formula is C16H31NO2. The van der Waals surface area contributed by atoms with Gasteiger partial charge in [0, 0.05) is 19.8 Å².